The number of halogens is 2. The Balaban J connectivity index is 2.24. The summed E-state index contributed by atoms with van der Waals surface area (Å²) in [6.45, 7) is 0. The summed E-state index contributed by atoms with van der Waals surface area (Å²) in [4.78, 5) is 21.5. The summed E-state index contributed by atoms with van der Waals surface area (Å²) in [5, 5.41) is 0. The maximum absolute atomic E-state index is 12.5. The highest BCUT2D eigenvalue weighted by Crippen LogP contribution is 2.67. The van der Waals surface area contributed by atoms with Crippen molar-refractivity contribution >= 4 is 34.8 Å². The van der Waals surface area contributed by atoms with Gasteiger partial charge in [0.2, 0.25) is 17.4 Å². The van der Waals surface area contributed by atoms with E-state index in [4.69, 9.17) is 32.7 Å². The Labute approximate surface area is 132 Å². The van der Waals surface area contributed by atoms with Crippen molar-refractivity contribution < 1.29 is 19.1 Å². The summed E-state index contributed by atoms with van der Waals surface area (Å²) in [6.07, 6.45) is 0.189. The van der Waals surface area contributed by atoms with E-state index in [0.29, 0.717) is 0 Å². The number of ether oxygens (including phenoxy) is 2. The van der Waals surface area contributed by atoms with Crippen LogP contribution in [0.25, 0.3) is 0 Å². The van der Waals surface area contributed by atoms with Crippen LogP contribution in [0.2, 0.25) is 0 Å². The van der Waals surface area contributed by atoms with E-state index >= 15 is 0 Å². The molecule has 2 aliphatic rings. The zero-order chi connectivity index (χ0) is 15.5. The van der Waals surface area contributed by atoms with E-state index in [1.807, 2.05) is 30.3 Å². The molecule has 6 heteroatoms. The summed E-state index contributed by atoms with van der Waals surface area (Å²) >= 11 is 13.1. The third kappa shape index (κ3) is 1.44. The maximum Gasteiger partial charge on any atom is 0.227 e. The van der Waals surface area contributed by atoms with E-state index in [2.05, 4.69) is 0 Å². The second-order valence-corrected chi connectivity index (χ2v) is 6.60. The molecule has 3 atom stereocenters. The first-order valence-electron chi connectivity index (χ1n) is 6.51. The number of rotatable bonds is 3. The number of hydrogen-bond donors (Lipinski definition) is 0. The van der Waals surface area contributed by atoms with Gasteiger partial charge in [-0.05, 0) is 12.0 Å². The molecular formula is C15H14Cl2O4. The van der Waals surface area contributed by atoms with Gasteiger partial charge in [-0.1, -0.05) is 30.3 Å². The maximum atomic E-state index is 12.5. The van der Waals surface area contributed by atoms with Crippen molar-refractivity contribution in [2.45, 2.75) is 27.9 Å². The fraction of sp³-hybridized carbons (Fsp3) is 0.467. The molecule has 3 rings (SSSR count). The highest BCUT2D eigenvalue weighted by molar-refractivity contribution is 6.66. The Bertz CT molecular complexity index is 613. The Morgan fingerprint density at radius 1 is 1.05 bits per heavy atom. The van der Waals surface area contributed by atoms with Crippen LogP contribution in [0.3, 0.4) is 0 Å². The van der Waals surface area contributed by atoms with Crippen LogP contribution in [0.5, 0.6) is 0 Å². The smallest absolute Gasteiger partial charge is 0.227 e. The van der Waals surface area contributed by atoms with Crippen LogP contribution >= 0.6 is 23.2 Å². The average Bonchev–Trinajstić information content (AvgIpc) is 2.79. The van der Waals surface area contributed by atoms with Gasteiger partial charge in [0.1, 0.15) is 0 Å². The van der Waals surface area contributed by atoms with Gasteiger partial charge in [0.05, 0.1) is 0 Å². The number of alkyl halides is 2. The highest BCUT2D eigenvalue weighted by atomic mass is 35.5. The molecule has 2 saturated carbocycles. The van der Waals surface area contributed by atoms with Crippen LogP contribution in [0.1, 0.15) is 17.9 Å². The molecule has 21 heavy (non-hydrogen) atoms. The van der Waals surface area contributed by atoms with E-state index in [1.54, 1.807) is 0 Å². The van der Waals surface area contributed by atoms with Crippen LogP contribution in [0.4, 0.5) is 0 Å². The molecule has 2 aliphatic carbocycles. The molecule has 0 unspecified atom stereocenters. The molecule has 2 fully saturated rings. The lowest BCUT2D eigenvalue weighted by Crippen LogP contribution is -2.56. The fourth-order valence-electron chi connectivity index (χ4n) is 3.71. The topological polar surface area (TPSA) is 52.6 Å². The first-order chi connectivity index (χ1) is 9.89. The summed E-state index contributed by atoms with van der Waals surface area (Å²) in [5.41, 5.74) is 0.828. The van der Waals surface area contributed by atoms with E-state index < -0.39 is 33.0 Å². The molecule has 1 aromatic rings. The number of hydrogen-bond acceptors (Lipinski definition) is 4. The van der Waals surface area contributed by atoms with Crippen LogP contribution < -0.4 is 0 Å². The number of Topliss-reactive ketones (excluding diaryl/α,β-unsaturated/α-hetero) is 2. The zero-order valence-electron chi connectivity index (χ0n) is 11.6. The van der Waals surface area contributed by atoms with Gasteiger partial charge in [-0.2, -0.15) is 0 Å². The summed E-state index contributed by atoms with van der Waals surface area (Å²) in [5.74, 6) is -3.61. The van der Waals surface area contributed by atoms with Crippen molar-refractivity contribution in [2.24, 2.45) is 0 Å². The molecule has 0 N–H and O–H groups in total. The standard InChI is InChI=1S/C15H14Cl2O4/c1-20-15(21-2)13(16)8-10(9-6-4-3-5-7-9)14(15,17)12(19)11(13)18/h3-7,10H,8H2,1-2H3/t10-,13-,14+/m0/s1. The molecule has 112 valence electrons. The number of methoxy groups -OCH3 is 2. The predicted molar refractivity (Wildman–Crippen MR) is 77.7 cm³/mol. The van der Waals surface area contributed by atoms with Gasteiger partial charge in [-0.15, -0.1) is 23.2 Å². The first kappa shape index (κ1) is 15.0. The van der Waals surface area contributed by atoms with Crippen molar-refractivity contribution in [2.75, 3.05) is 14.2 Å². The molecule has 2 bridgehead atoms. The zero-order valence-corrected chi connectivity index (χ0v) is 13.1. The van der Waals surface area contributed by atoms with Crippen molar-refractivity contribution in [3.63, 3.8) is 0 Å². The van der Waals surface area contributed by atoms with Crippen molar-refractivity contribution in [3.8, 4) is 0 Å². The van der Waals surface area contributed by atoms with Gasteiger partial charge in [0, 0.05) is 20.1 Å². The molecule has 1 aromatic carbocycles. The number of fused-ring (bicyclic) bond motifs is 2. The minimum Gasteiger partial charge on any atom is -0.349 e. The van der Waals surface area contributed by atoms with Crippen LogP contribution in [0, 0.1) is 0 Å². The lowest BCUT2D eigenvalue weighted by atomic mass is 9.81. The molecule has 4 nitrogen and oxygen atoms in total. The van der Waals surface area contributed by atoms with Gasteiger partial charge >= 0.3 is 0 Å². The van der Waals surface area contributed by atoms with E-state index in [9.17, 15) is 9.59 Å². The quantitative estimate of drug-likeness (QED) is 0.485. The average molecular weight is 329 g/mol. The lowest BCUT2D eigenvalue weighted by Gasteiger charge is -2.38. The van der Waals surface area contributed by atoms with E-state index in [-0.39, 0.29) is 6.42 Å². The molecule has 0 amide bonds. The number of carbonyl (C=O) groups excluding carboxylic acids is 2. The van der Waals surface area contributed by atoms with Gasteiger partial charge in [-0.3, -0.25) is 9.59 Å². The Morgan fingerprint density at radius 2 is 1.62 bits per heavy atom. The second-order valence-electron chi connectivity index (χ2n) is 5.36. The fourth-order valence-corrected chi connectivity index (χ4v) is 4.90. The van der Waals surface area contributed by atoms with Crippen LogP contribution in [-0.2, 0) is 19.1 Å². The molecule has 0 spiro atoms. The van der Waals surface area contributed by atoms with Gasteiger partial charge in [-0.25, -0.2) is 0 Å². The Morgan fingerprint density at radius 3 is 2.10 bits per heavy atom. The molecule has 0 heterocycles. The largest absolute Gasteiger partial charge is 0.349 e. The SMILES string of the molecule is COC1(OC)[C@]2(Cl)C[C@@H](c3ccccc3)[C@@]1(Cl)C(=O)C2=O. The van der Waals surface area contributed by atoms with Crippen LogP contribution in [0.15, 0.2) is 30.3 Å². The van der Waals surface area contributed by atoms with E-state index in [1.165, 1.54) is 14.2 Å². The number of benzene rings is 1. The Hall–Kier alpha value is -0.940. The molecule has 0 radical (unpaired) electrons. The van der Waals surface area contributed by atoms with Gasteiger partial charge in [0.15, 0.2) is 9.75 Å². The van der Waals surface area contributed by atoms with Crippen LogP contribution in [-0.4, -0.2) is 41.3 Å². The minimum absolute atomic E-state index is 0.189. The molecule has 0 saturated heterocycles. The van der Waals surface area contributed by atoms with Gasteiger partial charge < -0.3 is 9.47 Å². The third-order valence-electron chi connectivity index (χ3n) is 4.64. The number of ketones is 2. The summed E-state index contributed by atoms with van der Waals surface area (Å²) in [7, 11) is 2.69. The monoisotopic (exact) mass is 328 g/mol. The van der Waals surface area contributed by atoms with Crippen molar-refractivity contribution in [1.82, 2.24) is 0 Å². The first-order valence-corrected chi connectivity index (χ1v) is 7.27. The number of carbonyl (C=O) groups is 2. The normalized spacial score (nSPS) is 37.2. The third-order valence-corrected chi connectivity index (χ3v) is 5.90. The van der Waals surface area contributed by atoms with Crippen molar-refractivity contribution in [1.29, 1.82) is 0 Å². The Kier molecular flexibility index (Phi) is 3.23. The van der Waals surface area contributed by atoms with Gasteiger partial charge in [0.25, 0.3) is 0 Å². The second kappa shape index (κ2) is 4.53. The van der Waals surface area contributed by atoms with Crippen molar-refractivity contribution in [3.05, 3.63) is 35.9 Å². The predicted octanol–water partition coefficient (Wildman–Crippen LogP) is 2.27. The molecule has 0 aromatic heterocycles. The summed E-state index contributed by atoms with van der Waals surface area (Å²) in [6, 6.07) is 9.25. The lowest BCUT2D eigenvalue weighted by molar-refractivity contribution is -0.219. The van der Waals surface area contributed by atoms with E-state index in [0.717, 1.165) is 5.56 Å². The molecular weight excluding hydrogens is 315 g/mol. The molecule has 0 aliphatic heterocycles. The minimum atomic E-state index is -1.67. The highest BCUT2D eigenvalue weighted by Gasteiger charge is 2.86. The summed E-state index contributed by atoms with van der Waals surface area (Å²) < 4.78 is 10.8.